The maximum atomic E-state index is 5.56. The van der Waals surface area contributed by atoms with Crippen LogP contribution in [-0.4, -0.2) is 76.2 Å². The number of aromatic nitrogens is 4. The topological polar surface area (TPSA) is 89.4 Å². The molecule has 3 aromatic rings. The third kappa shape index (κ3) is 4.96. The number of hydrogen-bond acceptors (Lipinski definition) is 9. The maximum absolute atomic E-state index is 5.56. The first-order valence-electron chi connectivity index (χ1n) is 14.1. The van der Waals surface area contributed by atoms with Crippen LogP contribution in [0.3, 0.4) is 0 Å². The van der Waals surface area contributed by atoms with Crippen LogP contribution in [0, 0.1) is 0 Å². The number of anilines is 3. The summed E-state index contributed by atoms with van der Waals surface area (Å²) >= 11 is 1.85. The number of thiophene rings is 1. The van der Waals surface area contributed by atoms with Gasteiger partial charge in [-0.15, -0.1) is 11.3 Å². The van der Waals surface area contributed by atoms with Gasteiger partial charge >= 0.3 is 0 Å². The summed E-state index contributed by atoms with van der Waals surface area (Å²) < 4.78 is 13.1. The molecule has 0 atom stereocenters. The van der Waals surface area contributed by atoms with Gasteiger partial charge in [0.2, 0.25) is 5.95 Å². The van der Waals surface area contributed by atoms with E-state index in [0.29, 0.717) is 24.1 Å². The van der Waals surface area contributed by atoms with Gasteiger partial charge in [0, 0.05) is 49.5 Å². The van der Waals surface area contributed by atoms with Crippen molar-refractivity contribution in [3.05, 3.63) is 22.8 Å². The zero-order valence-corrected chi connectivity index (χ0v) is 22.3. The van der Waals surface area contributed by atoms with Crippen LogP contribution in [0.5, 0.6) is 0 Å². The molecule has 0 spiro atoms. The number of ether oxygens (including phenoxy) is 2. The van der Waals surface area contributed by atoms with E-state index in [0.717, 1.165) is 75.1 Å². The summed E-state index contributed by atoms with van der Waals surface area (Å²) in [7, 11) is 0. The van der Waals surface area contributed by atoms with Gasteiger partial charge in [-0.1, -0.05) is 0 Å². The normalized spacial score (nSPS) is 25.4. The molecular weight excluding hydrogens is 486 g/mol. The van der Waals surface area contributed by atoms with Gasteiger partial charge in [0.15, 0.2) is 0 Å². The van der Waals surface area contributed by atoms with Crippen molar-refractivity contribution in [1.29, 1.82) is 0 Å². The Morgan fingerprint density at radius 1 is 0.892 bits per heavy atom. The molecule has 3 fully saturated rings. The third-order valence-corrected chi connectivity index (χ3v) is 9.77. The molecule has 0 bridgehead atoms. The Kier molecular flexibility index (Phi) is 6.74. The molecule has 10 heteroatoms. The number of morpholine rings is 1. The van der Waals surface area contributed by atoms with Gasteiger partial charge in [0.1, 0.15) is 10.6 Å². The molecule has 2 saturated heterocycles. The Morgan fingerprint density at radius 2 is 1.70 bits per heavy atom. The van der Waals surface area contributed by atoms with Crippen LogP contribution in [0.4, 0.5) is 17.5 Å². The molecule has 3 aromatic heterocycles. The van der Waals surface area contributed by atoms with Gasteiger partial charge in [0.05, 0.1) is 36.5 Å². The third-order valence-electron chi connectivity index (χ3n) is 8.59. The summed E-state index contributed by atoms with van der Waals surface area (Å²) in [5, 5.41) is 13.2. The molecule has 4 aliphatic rings. The van der Waals surface area contributed by atoms with Gasteiger partial charge in [-0.05, 0) is 63.4 Å². The highest BCUT2D eigenvalue weighted by Crippen LogP contribution is 2.41. The fourth-order valence-electron chi connectivity index (χ4n) is 6.56. The SMILES string of the molecule is c1nn(C2CCOCC2)cc1Nc1nc(NC2CCC(N3CCOCC3)CC2)c2c3c(sc2n1)CCC3. The van der Waals surface area contributed by atoms with Crippen molar-refractivity contribution in [2.24, 2.45) is 0 Å². The van der Waals surface area contributed by atoms with Gasteiger partial charge in [-0.3, -0.25) is 9.58 Å². The van der Waals surface area contributed by atoms with Gasteiger partial charge in [0.25, 0.3) is 0 Å². The summed E-state index contributed by atoms with van der Waals surface area (Å²) in [6, 6.07) is 1.55. The van der Waals surface area contributed by atoms with E-state index in [9.17, 15) is 0 Å². The lowest BCUT2D eigenvalue weighted by atomic mass is 9.90. The second-order valence-electron chi connectivity index (χ2n) is 10.9. The fourth-order valence-corrected chi connectivity index (χ4v) is 7.82. The van der Waals surface area contributed by atoms with Crippen LogP contribution in [0.1, 0.15) is 61.4 Å². The van der Waals surface area contributed by atoms with E-state index < -0.39 is 0 Å². The number of nitrogens with one attached hydrogen (secondary N) is 2. The van der Waals surface area contributed by atoms with Crippen LogP contribution in [0.15, 0.2) is 12.4 Å². The molecule has 37 heavy (non-hydrogen) atoms. The Hall–Kier alpha value is -2.27. The van der Waals surface area contributed by atoms with Gasteiger partial charge < -0.3 is 20.1 Å². The molecule has 0 amide bonds. The van der Waals surface area contributed by atoms with Crippen molar-refractivity contribution in [1.82, 2.24) is 24.6 Å². The molecule has 2 aliphatic carbocycles. The van der Waals surface area contributed by atoms with Crippen molar-refractivity contribution in [2.75, 3.05) is 50.2 Å². The smallest absolute Gasteiger partial charge is 0.230 e. The molecule has 9 nitrogen and oxygen atoms in total. The van der Waals surface area contributed by atoms with Crippen molar-refractivity contribution in [3.63, 3.8) is 0 Å². The van der Waals surface area contributed by atoms with Crippen LogP contribution in [-0.2, 0) is 22.3 Å². The summed E-state index contributed by atoms with van der Waals surface area (Å²) in [6.45, 7) is 5.53. The molecule has 0 unspecified atom stereocenters. The first-order valence-corrected chi connectivity index (χ1v) is 14.9. The van der Waals surface area contributed by atoms with Gasteiger partial charge in [-0.2, -0.15) is 10.1 Å². The largest absolute Gasteiger partial charge is 0.381 e. The fraction of sp³-hybridized carbons (Fsp3) is 0.667. The predicted molar refractivity (Wildman–Crippen MR) is 146 cm³/mol. The average molecular weight is 524 g/mol. The predicted octanol–water partition coefficient (Wildman–Crippen LogP) is 4.53. The lowest BCUT2D eigenvalue weighted by Crippen LogP contribution is -2.46. The van der Waals surface area contributed by atoms with E-state index >= 15 is 0 Å². The molecule has 7 rings (SSSR count). The van der Waals surface area contributed by atoms with E-state index in [1.807, 2.05) is 17.5 Å². The van der Waals surface area contributed by atoms with Crippen molar-refractivity contribution >= 4 is 39.0 Å². The van der Waals surface area contributed by atoms with Gasteiger partial charge in [-0.25, -0.2) is 4.98 Å². The highest BCUT2D eigenvalue weighted by Gasteiger charge is 2.29. The number of hydrogen-bond donors (Lipinski definition) is 2. The summed E-state index contributed by atoms with van der Waals surface area (Å²) in [5.74, 6) is 1.67. The monoisotopic (exact) mass is 523 g/mol. The Bertz CT molecular complexity index is 1220. The Morgan fingerprint density at radius 3 is 2.54 bits per heavy atom. The van der Waals surface area contributed by atoms with E-state index in [4.69, 9.17) is 19.4 Å². The molecular formula is C27H37N7O2S. The lowest BCUT2D eigenvalue weighted by molar-refractivity contribution is 0.00791. The van der Waals surface area contributed by atoms with E-state index in [1.165, 1.54) is 54.4 Å². The van der Waals surface area contributed by atoms with Crippen LogP contribution in [0.2, 0.25) is 0 Å². The number of aryl methyl sites for hydroxylation is 2. The number of nitrogens with zero attached hydrogens (tertiary/aromatic N) is 5. The van der Waals surface area contributed by atoms with Crippen molar-refractivity contribution in [2.45, 2.75) is 75.9 Å². The Labute approximate surface area is 221 Å². The van der Waals surface area contributed by atoms with Crippen LogP contribution in [0.25, 0.3) is 10.2 Å². The van der Waals surface area contributed by atoms with Crippen molar-refractivity contribution < 1.29 is 9.47 Å². The minimum atomic E-state index is 0.401. The van der Waals surface area contributed by atoms with E-state index in [1.54, 1.807) is 0 Å². The maximum Gasteiger partial charge on any atom is 0.230 e. The standard InChI is InChI=1S/C27H37N7O2S/c1-2-22-23(3-1)37-26-24(22)25(29-18-4-6-20(7-5-18)33-10-14-36-15-11-33)31-27(32-26)30-19-16-28-34(17-19)21-8-12-35-13-9-21/h16-18,20-21H,1-15H2,(H2,29,30,31,32). The molecule has 1 saturated carbocycles. The number of fused-ring (bicyclic) bond motifs is 3. The highest BCUT2D eigenvalue weighted by molar-refractivity contribution is 7.19. The molecule has 198 valence electrons. The molecule has 0 radical (unpaired) electrons. The minimum absolute atomic E-state index is 0.401. The molecule has 5 heterocycles. The highest BCUT2D eigenvalue weighted by atomic mass is 32.1. The summed E-state index contributed by atoms with van der Waals surface area (Å²) in [4.78, 5) is 15.3. The Balaban J connectivity index is 1.10. The summed E-state index contributed by atoms with van der Waals surface area (Å²) in [6.07, 6.45) is 14.4. The molecule has 0 aromatic carbocycles. The van der Waals surface area contributed by atoms with E-state index in [-0.39, 0.29) is 0 Å². The zero-order chi connectivity index (χ0) is 24.6. The van der Waals surface area contributed by atoms with E-state index in [2.05, 4.69) is 31.5 Å². The van der Waals surface area contributed by atoms with Crippen molar-refractivity contribution in [3.8, 4) is 0 Å². The molecule has 2 aliphatic heterocycles. The second kappa shape index (κ2) is 10.5. The number of rotatable bonds is 6. The first-order chi connectivity index (χ1) is 18.3. The lowest BCUT2D eigenvalue weighted by Gasteiger charge is -2.39. The first kappa shape index (κ1) is 23.8. The molecule has 2 N–H and O–H groups in total. The van der Waals surface area contributed by atoms with Crippen LogP contribution >= 0.6 is 11.3 Å². The summed E-state index contributed by atoms with van der Waals surface area (Å²) in [5.41, 5.74) is 2.41. The van der Waals surface area contributed by atoms with Crippen LogP contribution < -0.4 is 10.6 Å². The quantitative estimate of drug-likeness (QED) is 0.487. The average Bonchev–Trinajstić information content (AvgIpc) is 3.67. The minimum Gasteiger partial charge on any atom is -0.381 e. The second-order valence-corrected chi connectivity index (χ2v) is 12.0. The zero-order valence-electron chi connectivity index (χ0n) is 21.5.